The molecular weight excluding hydrogens is 216 g/mol. The minimum Gasteiger partial charge on any atom is -0.481 e. The molecule has 1 atom stereocenters. The number of rotatable bonds is 4. The second kappa shape index (κ2) is 5.82. The monoisotopic (exact) mass is 236 g/mol. The number of nitrogens with zero attached hydrogens (tertiary/aromatic N) is 2. The van der Waals surface area contributed by atoms with Crippen molar-refractivity contribution in [2.45, 2.75) is 19.8 Å². The summed E-state index contributed by atoms with van der Waals surface area (Å²) in [5.74, 6) is 1.94. The van der Waals surface area contributed by atoms with Crippen LogP contribution in [-0.4, -0.2) is 36.7 Å². The summed E-state index contributed by atoms with van der Waals surface area (Å²) in [7, 11) is 1.62. The summed E-state index contributed by atoms with van der Waals surface area (Å²) in [6.45, 7) is 5.08. The maximum Gasteiger partial charge on any atom is 0.226 e. The van der Waals surface area contributed by atoms with Gasteiger partial charge in [-0.05, 0) is 38.8 Å². The number of anilines is 1. The highest BCUT2D eigenvalue weighted by Crippen LogP contribution is 2.13. The molecule has 1 aliphatic rings. The zero-order valence-electron chi connectivity index (χ0n) is 10.5. The van der Waals surface area contributed by atoms with Gasteiger partial charge >= 0.3 is 0 Å². The molecule has 2 N–H and O–H groups in total. The third-order valence-electron chi connectivity index (χ3n) is 2.99. The molecule has 0 aromatic carbocycles. The fourth-order valence-corrected chi connectivity index (χ4v) is 2.06. The van der Waals surface area contributed by atoms with E-state index in [1.54, 1.807) is 7.11 Å². The molecule has 5 heteroatoms. The van der Waals surface area contributed by atoms with Crippen molar-refractivity contribution in [3.63, 3.8) is 0 Å². The lowest BCUT2D eigenvalue weighted by Crippen LogP contribution is -2.33. The molecule has 0 radical (unpaired) electrons. The van der Waals surface area contributed by atoms with Crippen molar-refractivity contribution in [3.8, 4) is 5.88 Å². The smallest absolute Gasteiger partial charge is 0.226 e. The Balaban J connectivity index is 1.91. The second-order valence-electron chi connectivity index (χ2n) is 4.47. The molecule has 0 spiro atoms. The summed E-state index contributed by atoms with van der Waals surface area (Å²) < 4.78 is 5.12. The van der Waals surface area contributed by atoms with Gasteiger partial charge in [0.1, 0.15) is 0 Å². The van der Waals surface area contributed by atoms with Crippen LogP contribution in [0.2, 0.25) is 0 Å². The molecule has 2 rings (SSSR count). The fourth-order valence-electron chi connectivity index (χ4n) is 2.06. The molecule has 2 heterocycles. The summed E-state index contributed by atoms with van der Waals surface area (Å²) in [4.78, 5) is 8.62. The highest BCUT2D eigenvalue weighted by atomic mass is 16.5. The van der Waals surface area contributed by atoms with Crippen LogP contribution in [0.25, 0.3) is 0 Å². The predicted octanol–water partition coefficient (Wildman–Crippen LogP) is 1.21. The standard InChI is InChI=1S/C12H20N4O/c1-9-6-11(17-2)16-12(15-9)14-8-10-4-3-5-13-7-10/h6,10,13H,3-5,7-8H2,1-2H3,(H,14,15,16). The Kier molecular flexibility index (Phi) is 4.14. The maximum absolute atomic E-state index is 5.12. The van der Waals surface area contributed by atoms with Crippen LogP contribution in [0, 0.1) is 12.8 Å². The quantitative estimate of drug-likeness (QED) is 0.822. The first-order chi connectivity index (χ1) is 8.28. The molecule has 0 saturated carbocycles. The van der Waals surface area contributed by atoms with Crippen molar-refractivity contribution in [3.05, 3.63) is 11.8 Å². The lowest BCUT2D eigenvalue weighted by atomic mass is 10.00. The molecule has 1 unspecified atom stereocenters. The van der Waals surface area contributed by atoms with Crippen molar-refractivity contribution in [1.82, 2.24) is 15.3 Å². The number of aryl methyl sites for hydroxylation is 1. The van der Waals surface area contributed by atoms with Gasteiger partial charge in [0.05, 0.1) is 7.11 Å². The van der Waals surface area contributed by atoms with Crippen LogP contribution >= 0.6 is 0 Å². The zero-order valence-corrected chi connectivity index (χ0v) is 10.5. The van der Waals surface area contributed by atoms with Crippen LogP contribution in [0.15, 0.2) is 6.07 Å². The largest absolute Gasteiger partial charge is 0.481 e. The lowest BCUT2D eigenvalue weighted by Gasteiger charge is -2.22. The summed E-state index contributed by atoms with van der Waals surface area (Å²) in [5.41, 5.74) is 0.918. The molecule has 1 aromatic rings. The van der Waals surface area contributed by atoms with E-state index < -0.39 is 0 Å². The number of piperidine rings is 1. The predicted molar refractivity (Wildman–Crippen MR) is 67.4 cm³/mol. The molecule has 5 nitrogen and oxygen atoms in total. The van der Waals surface area contributed by atoms with Crippen LogP contribution in [0.3, 0.4) is 0 Å². The van der Waals surface area contributed by atoms with Gasteiger partial charge in [0.2, 0.25) is 11.8 Å². The SMILES string of the molecule is COc1cc(C)nc(NCC2CCCNC2)n1. The van der Waals surface area contributed by atoms with Crippen LogP contribution < -0.4 is 15.4 Å². The van der Waals surface area contributed by atoms with E-state index in [4.69, 9.17) is 4.74 Å². The number of aromatic nitrogens is 2. The van der Waals surface area contributed by atoms with E-state index in [0.29, 0.717) is 17.7 Å². The molecule has 0 aliphatic carbocycles. The number of hydrogen-bond donors (Lipinski definition) is 2. The Labute approximate surface area is 102 Å². The molecule has 17 heavy (non-hydrogen) atoms. The molecule has 1 fully saturated rings. The first-order valence-corrected chi connectivity index (χ1v) is 6.12. The highest BCUT2D eigenvalue weighted by molar-refractivity contribution is 5.30. The van der Waals surface area contributed by atoms with Crippen LogP contribution in [0.5, 0.6) is 5.88 Å². The normalized spacial score (nSPS) is 20.0. The van der Waals surface area contributed by atoms with Gasteiger partial charge in [0.15, 0.2) is 0 Å². The number of nitrogens with one attached hydrogen (secondary N) is 2. The highest BCUT2D eigenvalue weighted by Gasteiger charge is 2.13. The van der Waals surface area contributed by atoms with Gasteiger partial charge in [0.25, 0.3) is 0 Å². The van der Waals surface area contributed by atoms with Crippen molar-refractivity contribution in [2.75, 3.05) is 32.1 Å². The summed E-state index contributed by atoms with van der Waals surface area (Å²) in [6, 6.07) is 1.83. The minimum atomic E-state index is 0.613. The first-order valence-electron chi connectivity index (χ1n) is 6.12. The van der Waals surface area contributed by atoms with Gasteiger partial charge in [-0.25, -0.2) is 4.98 Å². The Morgan fingerprint density at radius 1 is 1.53 bits per heavy atom. The van der Waals surface area contributed by atoms with Crippen LogP contribution in [0.4, 0.5) is 5.95 Å². The van der Waals surface area contributed by atoms with Crippen LogP contribution in [-0.2, 0) is 0 Å². The number of methoxy groups -OCH3 is 1. The number of hydrogen-bond acceptors (Lipinski definition) is 5. The minimum absolute atomic E-state index is 0.613. The van der Waals surface area contributed by atoms with Gasteiger partial charge < -0.3 is 15.4 Å². The maximum atomic E-state index is 5.12. The van der Waals surface area contributed by atoms with E-state index in [-0.39, 0.29) is 0 Å². The molecule has 0 amide bonds. The summed E-state index contributed by atoms with van der Waals surface area (Å²) >= 11 is 0. The first kappa shape index (κ1) is 12.1. The van der Waals surface area contributed by atoms with Crippen molar-refractivity contribution in [1.29, 1.82) is 0 Å². The Morgan fingerprint density at radius 2 is 2.41 bits per heavy atom. The summed E-state index contributed by atoms with van der Waals surface area (Å²) in [6.07, 6.45) is 2.52. The molecule has 94 valence electrons. The van der Waals surface area contributed by atoms with E-state index in [1.165, 1.54) is 12.8 Å². The Morgan fingerprint density at radius 3 is 3.12 bits per heavy atom. The van der Waals surface area contributed by atoms with Crippen molar-refractivity contribution < 1.29 is 4.74 Å². The van der Waals surface area contributed by atoms with E-state index in [9.17, 15) is 0 Å². The van der Waals surface area contributed by atoms with E-state index in [2.05, 4.69) is 20.6 Å². The molecule has 1 saturated heterocycles. The molecule has 0 bridgehead atoms. The Hall–Kier alpha value is -1.36. The number of ether oxygens (including phenoxy) is 1. The topological polar surface area (TPSA) is 59.1 Å². The van der Waals surface area contributed by atoms with Gasteiger partial charge in [-0.3, -0.25) is 0 Å². The molecule has 1 aliphatic heterocycles. The van der Waals surface area contributed by atoms with Gasteiger partial charge in [0, 0.05) is 18.3 Å². The average molecular weight is 236 g/mol. The third kappa shape index (κ3) is 3.56. The van der Waals surface area contributed by atoms with Crippen molar-refractivity contribution >= 4 is 5.95 Å². The Bertz CT molecular complexity index is 364. The van der Waals surface area contributed by atoms with E-state index in [0.717, 1.165) is 25.3 Å². The molecule has 1 aromatic heterocycles. The van der Waals surface area contributed by atoms with Gasteiger partial charge in [-0.1, -0.05) is 0 Å². The average Bonchev–Trinajstić information content (AvgIpc) is 2.37. The third-order valence-corrected chi connectivity index (χ3v) is 2.99. The lowest BCUT2D eigenvalue weighted by molar-refractivity contribution is 0.389. The van der Waals surface area contributed by atoms with Gasteiger partial charge in [-0.2, -0.15) is 4.98 Å². The molecular formula is C12H20N4O. The van der Waals surface area contributed by atoms with E-state index >= 15 is 0 Å². The second-order valence-corrected chi connectivity index (χ2v) is 4.47. The van der Waals surface area contributed by atoms with Gasteiger partial charge in [-0.15, -0.1) is 0 Å². The fraction of sp³-hybridized carbons (Fsp3) is 0.667. The summed E-state index contributed by atoms with van der Waals surface area (Å²) in [5, 5.41) is 6.69. The van der Waals surface area contributed by atoms with Crippen LogP contribution in [0.1, 0.15) is 18.5 Å². The van der Waals surface area contributed by atoms with E-state index in [1.807, 2.05) is 13.0 Å². The zero-order chi connectivity index (χ0) is 12.1. The van der Waals surface area contributed by atoms with Crippen molar-refractivity contribution in [2.24, 2.45) is 5.92 Å².